The topological polar surface area (TPSA) is 64.9 Å². The molecule has 2 N–H and O–H groups in total. The molecule has 1 heterocycles. The zero-order valence-corrected chi connectivity index (χ0v) is 6.57. The van der Waals surface area contributed by atoms with Crippen molar-refractivity contribution < 1.29 is 8.91 Å². The van der Waals surface area contributed by atoms with E-state index < -0.39 is 0 Å². The molecule has 0 aliphatic heterocycles. The van der Waals surface area contributed by atoms with E-state index in [0.717, 1.165) is 0 Å². The Labute approximate surface area is 73.2 Å². The van der Waals surface area contributed by atoms with Crippen LogP contribution < -0.4 is 5.73 Å². The van der Waals surface area contributed by atoms with Gasteiger partial charge in [-0.1, -0.05) is 0 Å². The lowest BCUT2D eigenvalue weighted by molar-refractivity contribution is 0.433. The highest BCUT2D eigenvalue weighted by atomic mass is 19.1. The van der Waals surface area contributed by atoms with Crippen molar-refractivity contribution in [2.75, 3.05) is 5.73 Å². The van der Waals surface area contributed by atoms with E-state index in [1.807, 2.05) is 0 Å². The average Bonchev–Trinajstić information content (AvgIpc) is 2.53. The smallest absolute Gasteiger partial charge is 0.261 e. The fourth-order valence-electron chi connectivity index (χ4n) is 0.945. The molecule has 0 saturated heterocycles. The fraction of sp³-hybridized carbons (Fsp3) is 0. The van der Waals surface area contributed by atoms with Crippen LogP contribution in [0.2, 0.25) is 0 Å². The molecule has 0 saturated carbocycles. The Morgan fingerprint density at radius 3 is 2.46 bits per heavy atom. The minimum Gasteiger partial charge on any atom is -0.365 e. The van der Waals surface area contributed by atoms with Gasteiger partial charge in [0.1, 0.15) is 5.82 Å². The molecule has 0 fully saturated rings. The van der Waals surface area contributed by atoms with E-state index in [4.69, 9.17) is 10.3 Å². The summed E-state index contributed by atoms with van der Waals surface area (Å²) in [5.41, 5.74) is 5.90. The van der Waals surface area contributed by atoms with Crippen LogP contribution in [-0.4, -0.2) is 10.1 Å². The van der Waals surface area contributed by atoms with Crippen molar-refractivity contribution in [3.05, 3.63) is 30.1 Å². The van der Waals surface area contributed by atoms with Crippen molar-refractivity contribution in [2.24, 2.45) is 0 Å². The van der Waals surface area contributed by atoms with Gasteiger partial charge >= 0.3 is 0 Å². The molecule has 66 valence electrons. The first-order chi connectivity index (χ1) is 6.25. The lowest BCUT2D eigenvalue weighted by atomic mass is 10.2. The van der Waals surface area contributed by atoms with Crippen molar-refractivity contribution in [1.29, 1.82) is 0 Å². The third kappa shape index (κ3) is 1.48. The number of nitrogens with zero attached hydrogens (tertiary/aromatic N) is 2. The van der Waals surface area contributed by atoms with Gasteiger partial charge in [0.15, 0.2) is 0 Å². The maximum atomic E-state index is 12.5. The molecule has 0 radical (unpaired) electrons. The standard InChI is InChI=1S/C8H6FN3O/c9-6-3-1-5(2-4-6)7-11-8(10)12-13-7/h1-4H,(H2,10,12). The van der Waals surface area contributed by atoms with Crippen LogP contribution in [0.15, 0.2) is 28.8 Å². The molecule has 0 aliphatic rings. The van der Waals surface area contributed by atoms with E-state index >= 15 is 0 Å². The number of rotatable bonds is 1. The zero-order chi connectivity index (χ0) is 9.26. The summed E-state index contributed by atoms with van der Waals surface area (Å²) in [6.45, 7) is 0. The number of aromatic nitrogens is 2. The maximum Gasteiger partial charge on any atom is 0.261 e. The molecule has 0 atom stereocenters. The molecule has 4 nitrogen and oxygen atoms in total. The van der Waals surface area contributed by atoms with E-state index in [1.54, 1.807) is 12.1 Å². The predicted molar refractivity (Wildman–Crippen MR) is 44.1 cm³/mol. The highest BCUT2D eigenvalue weighted by Crippen LogP contribution is 2.17. The molecular weight excluding hydrogens is 173 g/mol. The first-order valence-electron chi connectivity index (χ1n) is 3.61. The van der Waals surface area contributed by atoms with Crippen LogP contribution in [0.25, 0.3) is 11.5 Å². The zero-order valence-electron chi connectivity index (χ0n) is 6.57. The van der Waals surface area contributed by atoms with Crippen molar-refractivity contribution >= 4 is 5.95 Å². The quantitative estimate of drug-likeness (QED) is 0.719. The van der Waals surface area contributed by atoms with Crippen LogP contribution in [-0.2, 0) is 0 Å². The summed E-state index contributed by atoms with van der Waals surface area (Å²) in [5.74, 6) is 0.0491. The molecule has 0 aliphatic carbocycles. The minimum absolute atomic E-state index is 0.0688. The van der Waals surface area contributed by atoms with Gasteiger partial charge in [-0.15, -0.1) is 0 Å². The first-order valence-corrected chi connectivity index (χ1v) is 3.61. The van der Waals surface area contributed by atoms with E-state index in [9.17, 15) is 4.39 Å². The van der Waals surface area contributed by atoms with Gasteiger partial charge in [-0.05, 0) is 29.4 Å². The molecule has 0 amide bonds. The van der Waals surface area contributed by atoms with Gasteiger partial charge in [0.2, 0.25) is 0 Å². The molecule has 1 aromatic carbocycles. The largest absolute Gasteiger partial charge is 0.365 e. The van der Waals surface area contributed by atoms with Gasteiger partial charge in [0.25, 0.3) is 11.8 Å². The monoisotopic (exact) mass is 179 g/mol. The summed E-state index contributed by atoms with van der Waals surface area (Å²) in [5, 5.41) is 3.41. The number of nitrogen functional groups attached to an aromatic ring is 1. The minimum atomic E-state index is -0.309. The Bertz CT molecular complexity index is 410. The maximum absolute atomic E-state index is 12.5. The summed E-state index contributed by atoms with van der Waals surface area (Å²) in [6, 6.07) is 5.72. The SMILES string of the molecule is Nc1noc(-c2ccc(F)cc2)n1. The molecule has 0 spiro atoms. The Morgan fingerprint density at radius 2 is 1.92 bits per heavy atom. The van der Waals surface area contributed by atoms with Crippen LogP contribution in [0.4, 0.5) is 10.3 Å². The van der Waals surface area contributed by atoms with Crippen LogP contribution >= 0.6 is 0 Å². The number of hydrogen-bond acceptors (Lipinski definition) is 4. The summed E-state index contributed by atoms with van der Waals surface area (Å²) in [7, 11) is 0. The van der Waals surface area contributed by atoms with Crippen LogP contribution in [0.3, 0.4) is 0 Å². The second kappa shape index (κ2) is 2.85. The third-order valence-electron chi connectivity index (χ3n) is 1.53. The Morgan fingerprint density at radius 1 is 1.23 bits per heavy atom. The van der Waals surface area contributed by atoms with E-state index in [-0.39, 0.29) is 17.7 Å². The summed E-state index contributed by atoms with van der Waals surface area (Å²) in [6.07, 6.45) is 0. The van der Waals surface area contributed by atoms with Gasteiger partial charge in [0.05, 0.1) is 0 Å². The van der Waals surface area contributed by atoms with Crippen molar-refractivity contribution in [3.8, 4) is 11.5 Å². The van der Waals surface area contributed by atoms with Crippen molar-refractivity contribution in [1.82, 2.24) is 10.1 Å². The average molecular weight is 179 g/mol. The van der Waals surface area contributed by atoms with Crippen molar-refractivity contribution in [3.63, 3.8) is 0 Å². The van der Waals surface area contributed by atoms with Crippen LogP contribution in [0, 0.1) is 5.82 Å². The van der Waals surface area contributed by atoms with E-state index in [2.05, 4.69) is 10.1 Å². The predicted octanol–water partition coefficient (Wildman–Crippen LogP) is 1.46. The van der Waals surface area contributed by atoms with Gasteiger partial charge < -0.3 is 10.3 Å². The molecule has 1 aromatic heterocycles. The summed E-state index contributed by atoms with van der Waals surface area (Å²) < 4.78 is 17.3. The normalized spacial score (nSPS) is 10.2. The number of anilines is 1. The highest BCUT2D eigenvalue weighted by molar-refractivity contribution is 5.53. The molecule has 5 heteroatoms. The number of benzene rings is 1. The molecule has 0 bridgehead atoms. The molecule has 13 heavy (non-hydrogen) atoms. The Balaban J connectivity index is 2.41. The summed E-state index contributed by atoms with van der Waals surface area (Å²) in [4.78, 5) is 3.79. The van der Waals surface area contributed by atoms with Crippen LogP contribution in [0.5, 0.6) is 0 Å². The Kier molecular flexibility index (Phi) is 1.70. The number of nitrogens with two attached hydrogens (primary N) is 1. The third-order valence-corrected chi connectivity index (χ3v) is 1.53. The van der Waals surface area contributed by atoms with Gasteiger partial charge in [-0.25, -0.2) is 4.39 Å². The molecule has 0 unspecified atom stereocenters. The second-order valence-corrected chi connectivity index (χ2v) is 2.46. The molecular formula is C8H6FN3O. The first kappa shape index (κ1) is 7.72. The van der Waals surface area contributed by atoms with Gasteiger partial charge in [0, 0.05) is 5.56 Å². The second-order valence-electron chi connectivity index (χ2n) is 2.46. The van der Waals surface area contributed by atoms with Crippen molar-refractivity contribution in [2.45, 2.75) is 0 Å². The molecule has 2 rings (SSSR count). The molecule has 2 aromatic rings. The van der Waals surface area contributed by atoms with E-state index in [0.29, 0.717) is 5.56 Å². The lowest BCUT2D eigenvalue weighted by Crippen LogP contribution is -1.85. The van der Waals surface area contributed by atoms with Crippen LogP contribution in [0.1, 0.15) is 0 Å². The number of halogens is 1. The van der Waals surface area contributed by atoms with E-state index in [1.165, 1.54) is 12.1 Å². The van der Waals surface area contributed by atoms with Gasteiger partial charge in [-0.3, -0.25) is 0 Å². The number of hydrogen-bond donors (Lipinski definition) is 1. The highest BCUT2D eigenvalue weighted by Gasteiger charge is 2.05. The fourth-order valence-corrected chi connectivity index (χ4v) is 0.945. The Hall–Kier alpha value is -1.91. The lowest BCUT2D eigenvalue weighted by Gasteiger charge is -1.91. The summed E-state index contributed by atoms with van der Waals surface area (Å²) >= 11 is 0. The van der Waals surface area contributed by atoms with Gasteiger partial charge in [-0.2, -0.15) is 4.98 Å².